The number of hydrogen-bond acceptors (Lipinski definition) is 6. The summed E-state index contributed by atoms with van der Waals surface area (Å²) in [6, 6.07) is 31.3. The first-order chi connectivity index (χ1) is 24.0. The summed E-state index contributed by atoms with van der Waals surface area (Å²) in [5.41, 5.74) is 1.34. The highest BCUT2D eigenvalue weighted by Gasteiger charge is 2.67. The van der Waals surface area contributed by atoms with Crippen molar-refractivity contribution in [2.75, 3.05) is 29.6 Å². The second kappa shape index (κ2) is 13.1. The lowest BCUT2D eigenvalue weighted by atomic mass is 9.82. The van der Waals surface area contributed by atoms with Crippen LogP contribution in [0.4, 0.5) is 26.9 Å². The molecule has 4 aromatic rings. The number of anilines is 4. The van der Waals surface area contributed by atoms with Gasteiger partial charge in [0.15, 0.2) is 12.2 Å². The molecular formula is C39H40FN3O6Si. The zero-order valence-electron chi connectivity index (χ0n) is 28.3. The van der Waals surface area contributed by atoms with Gasteiger partial charge < -0.3 is 23.6 Å². The van der Waals surface area contributed by atoms with Gasteiger partial charge in [-0.25, -0.2) is 0 Å². The van der Waals surface area contributed by atoms with Crippen molar-refractivity contribution in [3.63, 3.8) is 0 Å². The standard InChI is InChI=1S/C39H40FN3O6Si/c1-26-37(50(2,3)40)34(23-35(45)41(20-21-44)24-27-12-6-4-7-13-27)49-39(26)30-22-29(42-32-16-10-11-17-33(32)48-25-36(42)46)18-19-31(30)43(38(39)47)28-14-8-5-9-15-28/h4-19,22,26,34,37,44H,20-21,23-25H2,1-3H3/t26-,34+,37-,39+/m0/s1. The molecule has 3 aliphatic rings. The Morgan fingerprint density at radius 3 is 2.30 bits per heavy atom. The first-order valence-corrected chi connectivity index (χ1v) is 19.9. The lowest BCUT2D eigenvalue weighted by Gasteiger charge is -2.32. The Morgan fingerprint density at radius 1 is 0.920 bits per heavy atom. The molecule has 4 atom stereocenters. The Hall–Kier alpha value is -4.84. The number of aliphatic hydroxyl groups is 1. The van der Waals surface area contributed by atoms with E-state index in [1.165, 1.54) is 0 Å². The van der Waals surface area contributed by atoms with Crippen molar-refractivity contribution in [1.29, 1.82) is 0 Å². The Morgan fingerprint density at radius 2 is 1.60 bits per heavy atom. The summed E-state index contributed by atoms with van der Waals surface area (Å²) in [5, 5.41) is 9.85. The van der Waals surface area contributed by atoms with Crippen LogP contribution in [0.2, 0.25) is 18.6 Å². The van der Waals surface area contributed by atoms with E-state index in [9.17, 15) is 19.5 Å². The first kappa shape index (κ1) is 33.6. The van der Waals surface area contributed by atoms with Gasteiger partial charge in [-0.2, -0.15) is 0 Å². The predicted octanol–water partition coefficient (Wildman–Crippen LogP) is 6.61. The van der Waals surface area contributed by atoms with E-state index in [0.717, 1.165) is 5.56 Å². The summed E-state index contributed by atoms with van der Waals surface area (Å²) in [5.74, 6) is -1.04. The molecule has 0 aliphatic carbocycles. The normalized spacial score (nSPS) is 22.8. The molecule has 1 fully saturated rings. The van der Waals surface area contributed by atoms with Crippen LogP contribution in [-0.2, 0) is 31.3 Å². The molecule has 0 bridgehead atoms. The van der Waals surface area contributed by atoms with Gasteiger partial charge in [0, 0.05) is 41.5 Å². The maximum Gasteiger partial charge on any atom is 0.269 e. The second-order valence-electron chi connectivity index (χ2n) is 13.7. The second-order valence-corrected chi connectivity index (χ2v) is 17.5. The van der Waals surface area contributed by atoms with Crippen LogP contribution in [0.15, 0.2) is 103 Å². The minimum Gasteiger partial charge on any atom is -0.482 e. The highest BCUT2D eigenvalue weighted by molar-refractivity contribution is 6.72. The third-order valence-electron chi connectivity index (χ3n) is 10.1. The summed E-state index contributed by atoms with van der Waals surface area (Å²) >= 11 is 0. The van der Waals surface area contributed by atoms with E-state index in [4.69, 9.17) is 9.47 Å². The molecule has 0 aromatic heterocycles. The van der Waals surface area contributed by atoms with E-state index in [1.54, 1.807) is 58.1 Å². The number of fused-ring (bicyclic) bond motifs is 3. The molecule has 1 spiro atoms. The van der Waals surface area contributed by atoms with Crippen molar-refractivity contribution in [2.45, 2.75) is 50.2 Å². The van der Waals surface area contributed by atoms with E-state index in [-0.39, 0.29) is 50.4 Å². The number of carbonyl (C=O) groups excluding carboxylic acids is 3. The molecule has 0 unspecified atom stereocenters. The van der Waals surface area contributed by atoms with Crippen molar-refractivity contribution in [2.24, 2.45) is 5.92 Å². The van der Waals surface area contributed by atoms with Crippen molar-refractivity contribution in [3.8, 4) is 5.75 Å². The molecule has 0 saturated carbocycles. The van der Waals surface area contributed by atoms with Crippen LogP contribution in [0.5, 0.6) is 5.75 Å². The smallest absolute Gasteiger partial charge is 0.269 e. The number of para-hydroxylation sites is 3. The topological polar surface area (TPSA) is 99.6 Å². The highest BCUT2D eigenvalue weighted by atomic mass is 28.4. The van der Waals surface area contributed by atoms with Gasteiger partial charge in [0.2, 0.25) is 14.3 Å². The van der Waals surface area contributed by atoms with Crippen LogP contribution in [-0.4, -0.2) is 62.0 Å². The molecule has 7 rings (SSSR count). The number of nitrogens with zero attached hydrogens (tertiary/aromatic N) is 3. The summed E-state index contributed by atoms with van der Waals surface area (Å²) in [4.78, 5) is 47.1. The van der Waals surface area contributed by atoms with E-state index in [0.29, 0.717) is 34.1 Å². The van der Waals surface area contributed by atoms with Gasteiger partial charge in [0.25, 0.3) is 11.8 Å². The molecule has 50 heavy (non-hydrogen) atoms. The maximum atomic E-state index is 16.6. The molecule has 1 saturated heterocycles. The first-order valence-electron chi connectivity index (χ1n) is 16.9. The average molecular weight is 694 g/mol. The van der Waals surface area contributed by atoms with Crippen molar-refractivity contribution >= 4 is 48.9 Å². The Labute approximate surface area is 292 Å². The van der Waals surface area contributed by atoms with Gasteiger partial charge in [0.05, 0.1) is 30.5 Å². The molecule has 4 aromatic carbocycles. The summed E-state index contributed by atoms with van der Waals surface area (Å²) < 4.78 is 29.2. The number of halogens is 1. The SMILES string of the molecule is C[C@H]1[C@H]([Si](C)(C)F)[C@@H](CC(=O)N(CCO)Cc2ccccc2)O[C@]12C(=O)N(c1ccccc1)c1ccc(N3C(=O)COc4ccccc43)cc12. The number of ether oxygens (including phenoxy) is 2. The monoisotopic (exact) mass is 693 g/mol. The molecule has 258 valence electrons. The minimum atomic E-state index is -3.59. The molecule has 1 N–H and O–H groups in total. The zero-order chi connectivity index (χ0) is 35.2. The van der Waals surface area contributed by atoms with E-state index < -0.39 is 31.6 Å². The van der Waals surface area contributed by atoms with Crippen LogP contribution < -0.4 is 14.5 Å². The van der Waals surface area contributed by atoms with E-state index in [2.05, 4.69) is 0 Å². The predicted molar refractivity (Wildman–Crippen MR) is 191 cm³/mol. The Balaban J connectivity index is 1.33. The van der Waals surface area contributed by atoms with Crippen LogP contribution >= 0.6 is 0 Å². The number of amides is 3. The van der Waals surface area contributed by atoms with Gasteiger partial charge in [-0.3, -0.25) is 24.2 Å². The van der Waals surface area contributed by atoms with Crippen molar-refractivity contribution in [1.82, 2.24) is 4.90 Å². The average Bonchev–Trinajstić information content (AvgIpc) is 3.54. The molecule has 0 radical (unpaired) electrons. The number of benzene rings is 4. The van der Waals surface area contributed by atoms with Crippen molar-refractivity contribution in [3.05, 3.63) is 114 Å². The largest absolute Gasteiger partial charge is 0.482 e. The van der Waals surface area contributed by atoms with Gasteiger partial charge in [-0.1, -0.05) is 67.6 Å². The Bertz CT molecular complexity index is 1920. The van der Waals surface area contributed by atoms with Crippen LogP contribution in [0.3, 0.4) is 0 Å². The van der Waals surface area contributed by atoms with Gasteiger partial charge in [0.1, 0.15) is 5.75 Å². The minimum absolute atomic E-state index is 0.101. The molecule has 3 heterocycles. The number of carbonyl (C=O) groups is 3. The molecule has 3 amide bonds. The lowest BCUT2D eigenvalue weighted by molar-refractivity contribution is -0.149. The van der Waals surface area contributed by atoms with E-state index >= 15 is 4.11 Å². The number of rotatable bonds is 9. The van der Waals surface area contributed by atoms with Crippen LogP contribution in [0, 0.1) is 5.92 Å². The summed E-state index contributed by atoms with van der Waals surface area (Å²) in [7, 11) is -3.59. The molecule has 9 nitrogen and oxygen atoms in total. The maximum absolute atomic E-state index is 16.6. The summed E-state index contributed by atoms with van der Waals surface area (Å²) in [6.07, 6.45) is -1.07. The van der Waals surface area contributed by atoms with Gasteiger partial charge >= 0.3 is 0 Å². The fraction of sp³-hybridized carbons (Fsp3) is 0.308. The number of aliphatic hydroxyl groups excluding tert-OH is 1. The van der Waals surface area contributed by atoms with Crippen LogP contribution in [0.1, 0.15) is 24.5 Å². The Kier molecular flexibility index (Phi) is 8.83. The third kappa shape index (κ3) is 5.68. The van der Waals surface area contributed by atoms with Crippen LogP contribution in [0.25, 0.3) is 0 Å². The fourth-order valence-electron chi connectivity index (χ4n) is 8.04. The number of hydrogen-bond donors (Lipinski definition) is 1. The van der Waals surface area contributed by atoms with Gasteiger partial charge in [-0.05, 0) is 61.1 Å². The summed E-state index contributed by atoms with van der Waals surface area (Å²) in [6.45, 7) is 5.03. The molecular weight excluding hydrogens is 654 g/mol. The highest BCUT2D eigenvalue weighted by Crippen LogP contribution is 2.62. The van der Waals surface area contributed by atoms with Gasteiger partial charge in [-0.15, -0.1) is 0 Å². The third-order valence-corrected chi connectivity index (χ3v) is 12.6. The zero-order valence-corrected chi connectivity index (χ0v) is 29.3. The molecule has 3 aliphatic heterocycles. The quantitative estimate of drug-likeness (QED) is 0.157. The fourth-order valence-corrected chi connectivity index (χ4v) is 10.5. The lowest BCUT2D eigenvalue weighted by Crippen LogP contribution is -2.44. The molecule has 11 heteroatoms. The van der Waals surface area contributed by atoms with E-state index in [1.807, 2.05) is 79.7 Å². The van der Waals surface area contributed by atoms with Crippen molar-refractivity contribution < 1.29 is 33.1 Å².